The van der Waals surface area contributed by atoms with E-state index < -0.39 is 18.4 Å². The van der Waals surface area contributed by atoms with Gasteiger partial charge in [0, 0.05) is 31.3 Å². The number of rotatable bonds is 7. The summed E-state index contributed by atoms with van der Waals surface area (Å²) in [4.78, 5) is 30.1. The Morgan fingerprint density at radius 2 is 2.48 bits per heavy atom. The molecular weight excluding hydrogens is 276 g/mol. The van der Waals surface area contributed by atoms with Crippen LogP contribution in [0.3, 0.4) is 0 Å². The molecule has 0 saturated carbocycles. The first-order valence-corrected chi connectivity index (χ1v) is 6.96. The Morgan fingerprint density at radius 3 is 3.05 bits per heavy atom. The second kappa shape index (κ2) is 7.19. The van der Waals surface area contributed by atoms with E-state index in [2.05, 4.69) is 20.6 Å². The van der Waals surface area contributed by atoms with E-state index in [1.54, 1.807) is 13.1 Å². The van der Waals surface area contributed by atoms with Gasteiger partial charge in [0.05, 0.1) is 12.4 Å². The molecule has 2 amide bonds. The molecule has 3 atom stereocenters. The van der Waals surface area contributed by atoms with Crippen molar-refractivity contribution in [3.05, 3.63) is 18.2 Å². The van der Waals surface area contributed by atoms with Gasteiger partial charge >= 0.3 is 0 Å². The maximum atomic E-state index is 12.1. The number of hydrogen-bond acceptors (Lipinski definition) is 5. The minimum absolute atomic E-state index is 0.134. The number of aliphatic hydroxyl groups is 1. The maximum absolute atomic E-state index is 12.1. The van der Waals surface area contributed by atoms with E-state index in [1.807, 2.05) is 0 Å². The topological polar surface area (TPSA) is 116 Å². The van der Waals surface area contributed by atoms with Gasteiger partial charge in [0.25, 0.3) is 0 Å². The third-order valence-corrected chi connectivity index (χ3v) is 3.32. The van der Waals surface area contributed by atoms with Crippen LogP contribution in [0, 0.1) is 0 Å². The van der Waals surface area contributed by atoms with Crippen molar-refractivity contribution in [1.82, 2.24) is 20.6 Å². The summed E-state index contributed by atoms with van der Waals surface area (Å²) < 4.78 is 5.16. The van der Waals surface area contributed by atoms with Crippen LogP contribution in [0.25, 0.3) is 0 Å². The first-order chi connectivity index (χ1) is 10.1. The number of ether oxygens (including phenoxy) is 1. The van der Waals surface area contributed by atoms with Gasteiger partial charge in [-0.25, -0.2) is 4.98 Å². The molecule has 8 heteroatoms. The van der Waals surface area contributed by atoms with Crippen LogP contribution < -0.4 is 10.6 Å². The van der Waals surface area contributed by atoms with Crippen LogP contribution in [0.2, 0.25) is 0 Å². The van der Waals surface area contributed by atoms with E-state index in [4.69, 9.17) is 4.74 Å². The first-order valence-electron chi connectivity index (χ1n) is 6.96. The largest absolute Gasteiger partial charge is 0.366 e. The van der Waals surface area contributed by atoms with Gasteiger partial charge < -0.3 is 25.5 Å². The summed E-state index contributed by atoms with van der Waals surface area (Å²) in [6.07, 6.45) is 3.18. The number of carbonyl (C=O) groups is 2. The average molecular weight is 296 g/mol. The standard InChI is InChI=1S/C13H20N4O4/c1-2-21-13(20)10(5-8-6-14-7-15-8)17-12(19)9-3-4-11(18)16-9/h6-7,9-10,13,20H,2-5H2,1H3,(H,14,15)(H,16,18)(H,17,19). The minimum Gasteiger partial charge on any atom is -0.366 e. The molecule has 1 aliphatic heterocycles. The number of carbonyl (C=O) groups excluding carboxylic acids is 2. The number of hydrogen-bond donors (Lipinski definition) is 4. The summed E-state index contributed by atoms with van der Waals surface area (Å²) in [5.41, 5.74) is 0.773. The molecule has 3 unspecified atom stereocenters. The fourth-order valence-corrected chi connectivity index (χ4v) is 2.24. The molecule has 2 rings (SSSR count). The van der Waals surface area contributed by atoms with Crippen LogP contribution in [0.4, 0.5) is 0 Å². The highest BCUT2D eigenvalue weighted by Crippen LogP contribution is 2.09. The van der Waals surface area contributed by atoms with Gasteiger partial charge in [-0.05, 0) is 13.3 Å². The molecule has 8 nitrogen and oxygen atoms in total. The molecule has 1 fully saturated rings. The highest BCUT2D eigenvalue weighted by molar-refractivity contribution is 5.90. The second-order valence-electron chi connectivity index (χ2n) is 4.90. The molecule has 2 heterocycles. The zero-order valence-electron chi connectivity index (χ0n) is 11.8. The quantitative estimate of drug-likeness (QED) is 0.485. The zero-order chi connectivity index (χ0) is 15.2. The van der Waals surface area contributed by atoms with Crippen molar-refractivity contribution in [2.75, 3.05) is 6.61 Å². The van der Waals surface area contributed by atoms with Crippen LogP contribution in [-0.2, 0) is 20.7 Å². The van der Waals surface area contributed by atoms with E-state index in [0.717, 1.165) is 5.69 Å². The normalized spacial score (nSPS) is 20.9. The van der Waals surface area contributed by atoms with Crippen LogP contribution in [0.5, 0.6) is 0 Å². The lowest BCUT2D eigenvalue weighted by atomic mass is 10.1. The van der Waals surface area contributed by atoms with Crippen molar-refractivity contribution in [3.63, 3.8) is 0 Å². The zero-order valence-corrected chi connectivity index (χ0v) is 11.8. The smallest absolute Gasteiger partial charge is 0.242 e. The Labute approximate surface area is 122 Å². The highest BCUT2D eigenvalue weighted by Gasteiger charge is 2.30. The maximum Gasteiger partial charge on any atom is 0.242 e. The van der Waals surface area contributed by atoms with Gasteiger partial charge in [-0.3, -0.25) is 9.59 Å². The number of imidazole rings is 1. The second-order valence-corrected chi connectivity index (χ2v) is 4.90. The summed E-state index contributed by atoms with van der Waals surface area (Å²) in [6.45, 7) is 2.09. The summed E-state index contributed by atoms with van der Waals surface area (Å²) in [5, 5.41) is 15.3. The van der Waals surface area contributed by atoms with Crippen molar-refractivity contribution in [1.29, 1.82) is 0 Å². The molecular formula is C13H20N4O4. The fourth-order valence-electron chi connectivity index (χ4n) is 2.24. The molecule has 116 valence electrons. The number of amides is 2. The third kappa shape index (κ3) is 4.27. The molecule has 0 aliphatic carbocycles. The highest BCUT2D eigenvalue weighted by atomic mass is 16.6. The molecule has 0 radical (unpaired) electrons. The van der Waals surface area contributed by atoms with Crippen molar-refractivity contribution in [3.8, 4) is 0 Å². The van der Waals surface area contributed by atoms with E-state index >= 15 is 0 Å². The van der Waals surface area contributed by atoms with E-state index in [0.29, 0.717) is 25.9 Å². The Morgan fingerprint density at radius 1 is 1.67 bits per heavy atom. The summed E-state index contributed by atoms with van der Waals surface area (Å²) >= 11 is 0. The first kappa shape index (κ1) is 15.5. The molecule has 1 saturated heterocycles. The number of aliphatic hydroxyl groups excluding tert-OH is 1. The fraction of sp³-hybridized carbons (Fsp3) is 0.615. The van der Waals surface area contributed by atoms with Crippen molar-refractivity contribution in [2.24, 2.45) is 0 Å². The van der Waals surface area contributed by atoms with Gasteiger partial charge in [-0.15, -0.1) is 0 Å². The summed E-state index contributed by atoms with van der Waals surface area (Å²) in [5.74, 6) is -0.449. The lowest BCUT2D eigenvalue weighted by Gasteiger charge is -2.24. The van der Waals surface area contributed by atoms with E-state index in [1.165, 1.54) is 6.33 Å². The van der Waals surface area contributed by atoms with Crippen LogP contribution in [0.1, 0.15) is 25.5 Å². The predicted octanol–water partition coefficient (Wildman–Crippen LogP) is -0.929. The molecule has 1 aromatic rings. The number of aromatic nitrogens is 2. The lowest BCUT2D eigenvalue weighted by molar-refractivity contribution is -0.136. The van der Waals surface area contributed by atoms with E-state index in [9.17, 15) is 14.7 Å². The molecule has 21 heavy (non-hydrogen) atoms. The van der Waals surface area contributed by atoms with Gasteiger partial charge in [-0.2, -0.15) is 0 Å². The molecule has 0 spiro atoms. The Hall–Kier alpha value is -1.93. The molecule has 1 aliphatic rings. The Kier molecular flexibility index (Phi) is 5.29. The van der Waals surface area contributed by atoms with Crippen molar-refractivity contribution >= 4 is 11.8 Å². The SMILES string of the molecule is CCOC(O)C(Cc1cnc[nH]1)NC(=O)C1CCC(=O)N1. The number of H-pyrrole nitrogens is 1. The minimum atomic E-state index is -1.13. The number of nitrogens with one attached hydrogen (secondary N) is 3. The van der Waals surface area contributed by atoms with Crippen molar-refractivity contribution in [2.45, 2.75) is 44.6 Å². The van der Waals surface area contributed by atoms with Crippen LogP contribution >= 0.6 is 0 Å². The summed E-state index contributed by atoms with van der Waals surface area (Å²) in [6, 6.07) is -1.16. The molecule has 0 bridgehead atoms. The number of nitrogens with zero attached hydrogens (tertiary/aromatic N) is 1. The average Bonchev–Trinajstić information content (AvgIpc) is 3.09. The Bertz CT molecular complexity index is 477. The van der Waals surface area contributed by atoms with Gasteiger partial charge in [0.1, 0.15) is 6.04 Å². The Balaban J connectivity index is 1.97. The molecule has 0 aromatic carbocycles. The molecule has 4 N–H and O–H groups in total. The third-order valence-electron chi connectivity index (χ3n) is 3.32. The van der Waals surface area contributed by atoms with Crippen LogP contribution in [0.15, 0.2) is 12.5 Å². The van der Waals surface area contributed by atoms with Gasteiger partial charge in [0.2, 0.25) is 11.8 Å². The van der Waals surface area contributed by atoms with Crippen LogP contribution in [-0.4, -0.2) is 51.9 Å². The summed E-state index contributed by atoms with van der Waals surface area (Å²) in [7, 11) is 0. The van der Waals surface area contributed by atoms with Crippen molar-refractivity contribution < 1.29 is 19.4 Å². The number of aromatic amines is 1. The predicted molar refractivity (Wildman–Crippen MR) is 73.0 cm³/mol. The lowest BCUT2D eigenvalue weighted by Crippen LogP contribution is -2.51. The van der Waals surface area contributed by atoms with Gasteiger partial charge in [-0.1, -0.05) is 0 Å². The van der Waals surface area contributed by atoms with E-state index in [-0.39, 0.29) is 11.8 Å². The molecule has 1 aromatic heterocycles. The van der Waals surface area contributed by atoms with Gasteiger partial charge in [0.15, 0.2) is 6.29 Å². The monoisotopic (exact) mass is 296 g/mol.